The standard InChI is InChI=1S/C12H15ClN2O4/c1-14-9-6-11(12(9)18-2)19-7-3-4-10(15(16)17)8(13)5-7/h3-5,9,11-12,14H,6H2,1-2H3. The molecule has 3 atom stereocenters. The second-order valence-corrected chi connectivity index (χ2v) is 4.77. The lowest BCUT2D eigenvalue weighted by molar-refractivity contribution is -0.384. The monoisotopic (exact) mass is 286 g/mol. The molecule has 3 unspecified atom stereocenters. The number of nitro groups is 1. The third kappa shape index (κ3) is 2.80. The van der Waals surface area contributed by atoms with Gasteiger partial charge in [-0.05, 0) is 13.1 Å². The third-order valence-electron chi connectivity index (χ3n) is 3.30. The maximum Gasteiger partial charge on any atom is 0.288 e. The zero-order chi connectivity index (χ0) is 14.0. The summed E-state index contributed by atoms with van der Waals surface area (Å²) in [6.07, 6.45) is 0.725. The molecule has 0 aromatic heterocycles. The lowest BCUT2D eigenvalue weighted by Crippen LogP contribution is -2.60. The van der Waals surface area contributed by atoms with Crippen LogP contribution in [0, 0.1) is 10.1 Å². The van der Waals surface area contributed by atoms with Crippen molar-refractivity contribution in [2.45, 2.75) is 24.7 Å². The molecule has 1 aromatic carbocycles. The predicted octanol–water partition coefficient (Wildman–Crippen LogP) is 2.00. The fraction of sp³-hybridized carbons (Fsp3) is 0.500. The quantitative estimate of drug-likeness (QED) is 0.662. The Hall–Kier alpha value is -1.37. The average Bonchev–Trinajstić information content (AvgIpc) is 2.34. The van der Waals surface area contributed by atoms with Crippen LogP contribution in [0.5, 0.6) is 5.75 Å². The van der Waals surface area contributed by atoms with Crippen molar-refractivity contribution < 1.29 is 14.4 Å². The van der Waals surface area contributed by atoms with Crippen LogP contribution in [0.4, 0.5) is 5.69 Å². The van der Waals surface area contributed by atoms with Crippen LogP contribution in [-0.4, -0.2) is 37.3 Å². The Bertz CT molecular complexity index is 483. The molecule has 104 valence electrons. The van der Waals surface area contributed by atoms with E-state index < -0.39 is 4.92 Å². The molecule has 0 saturated heterocycles. The molecule has 1 saturated carbocycles. The van der Waals surface area contributed by atoms with E-state index in [0.29, 0.717) is 5.75 Å². The van der Waals surface area contributed by atoms with Gasteiger partial charge in [-0.25, -0.2) is 0 Å². The number of ether oxygens (including phenoxy) is 2. The smallest absolute Gasteiger partial charge is 0.288 e. The van der Waals surface area contributed by atoms with E-state index in [2.05, 4.69) is 5.32 Å². The largest absolute Gasteiger partial charge is 0.488 e. The van der Waals surface area contributed by atoms with Crippen LogP contribution >= 0.6 is 11.6 Å². The Balaban J connectivity index is 2.05. The van der Waals surface area contributed by atoms with Crippen LogP contribution in [0.1, 0.15) is 6.42 Å². The highest BCUT2D eigenvalue weighted by molar-refractivity contribution is 6.32. The predicted molar refractivity (Wildman–Crippen MR) is 70.8 cm³/mol. The van der Waals surface area contributed by atoms with E-state index in [1.807, 2.05) is 7.05 Å². The molecular formula is C12H15ClN2O4. The summed E-state index contributed by atoms with van der Waals surface area (Å²) >= 11 is 5.83. The summed E-state index contributed by atoms with van der Waals surface area (Å²) in [6, 6.07) is 4.61. The van der Waals surface area contributed by atoms with E-state index >= 15 is 0 Å². The van der Waals surface area contributed by atoms with Crippen molar-refractivity contribution >= 4 is 17.3 Å². The summed E-state index contributed by atoms with van der Waals surface area (Å²) in [5, 5.41) is 13.9. The minimum Gasteiger partial charge on any atom is -0.488 e. The Morgan fingerprint density at radius 2 is 2.26 bits per heavy atom. The van der Waals surface area contributed by atoms with Crippen molar-refractivity contribution in [3.63, 3.8) is 0 Å². The van der Waals surface area contributed by atoms with E-state index in [1.165, 1.54) is 12.1 Å². The normalized spacial score (nSPS) is 25.7. The number of methoxy groups -OCH3 is 1. The Labute approximate surface area is 115 Å². The third-order valence-corrected chi connectivity index (χ3v) is 3.60. The van der Waals surface area contributed by atoms with Crippen LogP contribution in [-0.2, 0) is 4.74 Å². The molecule has 2 rings (SSSR count). The van der Waals surface area contributed by atoms with Crippen LogP contribution in [0.15, 0.2) is 18.2 Å². The van der Waals surface area contributed by atoms with Gasteiger partial charge in [-0.15, -0.1) is 0 Å². The fourth-order valence-electron chi connectivity index (χ4n) is 2.18. The molecular weight excluding hydrogens is 272 g/mol. The number of likely N-dealkylation sites (N-methyl/N-ethyl adjacent to an activating group) is 1. The summed E-state index contributed by atoms with van der Waals surface area (Å²) in [7, 11) is 3.50. The SMILES string of the molecule is CNC1CC(Oc2ccc([N+](=O)[O-])c(Cl)c2)C1OC. The minimum absolute atomic E-state index is 0.0287. The van der Waals surface area contributed by atoms with Gasteiger partial charge in [-0.1, -0.05) is 11.6 Å². The average molecular weight is 287 g/mol. The molecule has 1 fully saturated rings. The molecule has 0 aliphatic heterocycles. The van der Waals surface area contributed by atoms with Gasteiger partial charge in [0.05, 0.1) is 4.92 Å². The number of halogens is 1. The van der Waals surface area contributed by atoms with E-state index in [-0.39, 0.29) is 29.0 Å². The van der Waals surface area contributed by atoms with Crippen molar-refractivity contribution in [1.82, 2.24) is 5.32 Å². The van der Waals surface area contributed by atoms with Crippen molar-refractivity contribution in [1.29, 1.82) is 0 Å². The second kappa shape index (κ2) is 5.73. The van der Waals surface area contributed by atoms with Crippen LogP contribution in [0.25, 0.3) is 0 Å². The van der Waals surface area contributed by atoms with Gasteiger partial charge >= 0.3 is 0 Å². The zero-order valence-corrected chi connectivity index (χ0v) is 11.4. The lowest BCUT2D eigenvalue weighted by Gasteiger charge is -2.42. The Morgan fingerprint density at radius 3 is 2.79 bits per heavy atom. The highest BCUT2D eigenvalue weighted by Gasteiger charge is 2.42. The van der Waals surface area contributed by atoms with Gasteiger partial charge in [0.1, 0.15) is 23.0 Å². The van der Waals surface area contributed by atoms with Crippen LogP contribution < -0.4 is 10.1 Å². The molecule has 1 aliphatic rings. The number of benzene rings is 1. The topological polar surface area (TPSA) is 73.6 Å². The van der Waals surface area contributed by atoms with Gasteiger partial charge in [0.2, 0.25) is 0 Å². The number of hydrogen-bond donors (Lipinski definition) is 1. The fourth-order valence-corrected chi connectivity index (χ4v) is 2.42. The van der Waals surface area contributed by atoms with Crippen molar-refractivity contribution in [3.05, 3.63) is 33.3 Å². The molecule has 1 N–H and O–H groups in total. The maximum atomic E-state index is 10.7. The molecule has 0 heterocycles. The van der Waals surface area contributed by atoms with Gasteiger partial charge < -0.3 is 14.8 Å². The number of nitro benzene ring substituents is 1. The lowest BCUT2D eigenvalue weighted by atomic mass is 9.85. The highest BCUT2D eigenvalue weighted by Crippen LogP contribution is 2.32. The molecule has 0 amide bonds. The molecule has 1 aromatic rings. The van der Waals surface area contributed by atoms with Crippen molar-refractivity contribution in [2.75, 3.05) is 14.2 Å². The number of hydrogen-bond acceptors (Lipinski definition) is 5. The Morgan fingerprint density at radius 1 is 1.53 bits per heavy atom. The molecule has 6 nitrogen and oxygen atoms in total. The summed E-state index contributed by atoms with van der Waals surface area (Å²) in [6.45, 7) is 0. The van der Waals surface area contributed by atoms with Gasteiger partial charge in [0.15, 0.2) is 0 Å². The number of rotatable bonds is 5. The summed E-state index contributed by atoms with van der Waals surface area (Å²) < 4.78 is 11.1. The van der Waals surface area contributed by atoms with Crippen molar-refractivity contribution in [2.24, 2.45) is 0 Å². The van der Waals surface area contributed by atoms with Gasteiger partial charge in [-0.3, -0.25) is 10.1 Å². The van der Waals surface area contributed by atoms with Gasteiger partial charge in [0, 0.05) is 31.7 Å². The first-order valence-electron chi connectivity index (χ1n) is 5.87. The van der Waals surface area contributed by atoms with E-state index in [9.17, 15) is 10.1 Å². The Kier molecular flexibility index (Phi) is 4.24. The molecule has 0 bridgehead atoms. The second-order valence-electron chi connectivity index (χ2n) is 4.36. The van der Waals surface area contributed by atoms with Gasteiger partial charge in [0.25, 0.3) is 5.69 Å². The number of nitrogens with one attached hydrogen (secondary N) is 1. The summed E-state index contributed by atoms with van der Waals surface area (Å²) in [4.78, 5) is 10.1. The molecule has 19 heavy (non-hydrogen) atoms. The van der Waals surface area contributed by atoms with Crippen LogP contribution in [0.2, 0.25) is 5.02 Å². The molecule has 1 aliphatic carbocycles. The van der Waals surface area contributed by atoms with Crippen LogP contribution in [0.3, 0.4) is 0 Å². The van der Waals surface area contributed by atoms with Crippen molar-refractivity contribution in [3.8, 4) is 5.75 Å². The molecule has 7 heteroatoms. The first kappa shape index (κ1) is 14.0. The highest BCUT2D eigenvalue weighted by atomic mass is 35.5. The zero-order valence-electron chi connectivity index (χ0n) is 10.6. The summed E-state index contributed by atoms with van der Waals surface area (Å²) in [5.41, 5.74) is -0.126. The van der Waals surface area contributed by atoms with Gasteiger partial charge in [-0.2, -0.15) is 0 Å². The van der Waals surface area contributed by atoms with E-state index in [4.69, 9.17) is 21.1 Å². The van der Waals surface area contributed by atoms with E-state index in [1.54, 1.807) is 13.2 Å². The first-order valence-corrected chi connectivity index (χ1v) is 6.25. The molecule has 0 radical (unpaired) electrons. The maximum absolute atomic E-state index is 10.7. The summed E-state index contributed by atoms with van der Waals surface area (Å²) in [5.74, 6) is 0.511. The minimum atomic E-state index is -0.523. The van der Waals surface area contributed by atoms with E-state index in [0.717, 1.165) is 6.42 Å². The first-order chi connectivity index (χ1) is 9.06. The molecule has 0 spiro atoms. The number of nitrogens with zero attached hydrogens (tertiary/aromatic N) is 1.